The highest BCUT2D eigenvalue weighted by molar-refractivity contribution is 7.12. The molecule has 1 aromatic heterocycles. The van der Waals surface area contributed by atoms with Crippen LogP contribution in [0, 0.1) is 18.8 Å². The van der Waals surface area contributed by atoms with E-state index < -0.39 is 5.97 Å². The van der Waals surface area contributed by atoms with Gasteiger partial charge in [0.25, 0.3) is 5.91 Å². The zero-order valence-electron chi connectivity index (χ0n) is 12.2. The van der Waals surface area contributed by atoms with E-state index in [2.05, 4.69) is 13.8 Å². The lowest BCUT2D eigenvalue weighted by Gasteiger charge is -2.34. The Hall–Kier alpha value is -1.36. The van der Waals surface area contributed by atoms with Gasteiger partial charge in [-0.25, -0.2) is 4.79 Å². The third-order valence-corrected chi connectivity index (χ3v) is 4.59. The summed E-state index contributed by atoms with van der Waals surface area (Å²) in [5.74, 6) is 0.533. The molecule has 0 radical (unpaired) electrons. The largest absolute Gasteiger partial charge is 0.451 e. The minimum Gasteiger partial charge on any atom is -0.451 e. The van der Waals surface area contributed by atoms with E-state index in [9.17, 15) is 9.59 Å². The van der Waals surface area contributed by atoms with Crippen LogP contribution < -0.4 is 0 Å². The molecule has 2 rings (SSSR count). The molecule has 2 heterocycles. The number of hydrogen-bond donors (Lipinski definition) is 0. The maximum atomic E-state index is 12.1. The minimum absolute atomic E-state index is 0.0917. The normalized spacial score (nSPS) is 22.6. The lowest BCUT2D eigenvalue weighted by molar-refractivity contribution is -0.137. The summed E-state index contributed by atoms with van der Waals surface area (Å²) in [6, 6.07) is 1.87. The van der Waals surface area contributed by atoms with E-state index in [4.69, 9.17) is 4.74 Å². The number of likely N-dealkylation sites (tertiary alicyclic amines) is 1. The van der Waals surface area contributed by atoms with Crippen molar-refractivity contribution < 1.29 is 14.3 Å². The molecule has 0 aromatic carbocycles. The molecule has 1 aliphatic rings. The van der Waals surface area contributed by atoms with Crippen molar-refractivity contribution in [3.05, 3.63) is 21.9 Å². The number of aryl methyl sites for hydroxylation is 1. The van der Waals surface area contributed by atoms with Crippen molar-refractivity contribution in [1.82, 2.24) is 4.90 Å². The van der Waals surface area contributed by atoms with E-state index >= 15 is 0 Å². The van der Waals surface area contributed by atoms with Gasteiger partial charge in [-0.1, -0.05) is 13.8 Å². The molecule has 1 saturated heterocycles. The van der Waals surface area contributed by atoms with Crippen molar-refractivity contribution in [3.8, 4) is 0 Å². The van der Waals surface area contributed by atoms with Gasteiger partial charge < -0.3 is 9.64 Å². The average Bonchev–Trinajstić information content (AvgIpc) is 2.80. The van der Waals surface area contributed by atoms with E-state index in [-0.39, 0.29) is 12.5 Å². The molecule has 1 aliphatic heterocycles. The van der Waals surface area contributed by atoms with Gasteiger partial charge in [0.15, 0.2) is 6.61 Å². The van der Waals surface area contributed by atoms with Gasteiger partial charge in [-0.15, -0.1) is 11.3 Å². The Labute approximate surface area is 123 Å². The second kappa shape index (κ2) is 6.39. The van der Waals surface area contributed by atoms with Gasteiger partial charge in [-0.3, -0.25) is 4.79 Å². The van der Waals surface area contributed by atoms with Crippen LogP contribution in [0.2, 0.25) is 0 Å². The Morgan fingerprint density at radius 1 is 1.35 bits per heavy atom. The van der Waals surface area contributed by atoms with Gasteiger partial charge in [-0.2, -0.15) is 0 Å². The van der Waals surface area contributed by atoms with Gasteiger partial charge in [0.1, 0.15) is 4.88 Å². The molecule has 1 aromatic rings. The first-order valence-electron chi connectivity index (χ1n) is 6.96. The summed E-state index contributed by atoms with van der Waals surface area (Å²) in [6.07, 6.45) is 1.15. The second-order valence-corrected chi connectivity index (χ2v) is 6.67. The molecule has 0 unspecified atom stereocenters. The van der Waals surface area contributed by atoms with Gasteiger partial charge in [0, 0.05) is 13.1 Å². The summed E-state index contributed by atoms with van der Waals surface area (Å²) in [6.45, 7) is 7.53. The third kappa shape index (κ3) is 3.60. The molecule has 0 spiro atoms. The predicted molar refractivity (Wildman–Crippen MR) is 78.9 cm³/mol. The maximum absolute atomic E-state index is 12.1. The smallest absolute Gasteiger partial charge is 0.349 e. The summed E-state index contributed by atoms with van der Waals surface area (Å²) >= 11 is 1.35. The monoisotopic (exact) mass is 295 g/mol. The number of amides is 1. The Bertz CT molecular complexity index is 487. The number of carbonyl (C=O) groups excluding carboxylic acids is 2. The molecule has 1 amide bonds. The van der Waals surface area contributed by atoms with Crippen LogP contribution in [0.25, 0.3) is 0 Å². The van der Waals surface area contributed by atoms with Gasteiger partial charge in [0.05, 0.1) is 0 Å². The zero-order valence-corrected chi connectivity index (χ0v) is 13.0. The van der Waals surface area contributed by atoms with E-state index in [1.54, 1.807) is 0 Å². The van der Waals surface area contributed by atoms with Crippen LogP contribution in [0.5, 0.6) is 0 Å². The number of nitrogens with zero attached hydrogens (tertiary/aromatic N) is 1. The molecule has 20 heavy (non-hydrogen) atoms. The fraction of sp³-hybridized carbons (Fsp3) is 0.600. The Morgan fingerprint density at radius 2 is 2.00 bits per heavy atom. The first-order chi connectivity index (χ1) is 9.47. The average molecular weight is 295 g/mol. The van der Waals surface area contributed by atoms with Crippen molar-refractivity contribution in [3.63, 3.8) is 0 Å². The highest BCUT2D eigenvalue weighted by Crippen LogP contribution is 2.21. The molecule has 0 aliphatic carbocycles. The van der Waals surface area contributed by atoms with Crippen molar-refractivity contribution in [2.24, 2.45) is 11.8 Å². The number of rotatable bonds is 3. The lowest BCUT2D eigenvalue weighted by atomic mass is 9.92. The summed E-state index contributed by atoms with van der Waals surface area (Å²) in [5.41, 5.74) is 0.896. The summed E-state index contributed by atoms with van der Waals surface area (Å²) in [7, 11) is 0. The predicted octanol–water partition coefficient (Wildman–Crippen LogP) is 2.72. The van der Waals surface area contributed by atoms with Crippen LogP contribution in [-0.4, -0.2) is 36.5 Å². The summed E-state index contributed by atoms with van der Waals surface area (Å²) in [4.78, 5) is 26.4. The Morgan fingerprint density at radius 3 is 2.55 bits per heavy atom. The van der Waals surface area contributed by atoms with Gasteiger partial charge in [-0.05, 0) is 42.2 Å². The number of hydrogen-bond acceptors (Lipinski definition) is 4. The van der Waals surface area contributed by atoms with Crippen molar-refractivity contribution in [2.75, 3.05) is 19.7 Å². The molecule has 2 atom stereocenters. The fourth-order valence-electron chi connectivity index (χ4n) is 2.73. The van der Waals surface area contributed by atoms with Gasteiger partial charge >= 0.3 is 5.97 Å². The first kappa shape index (κ1) is 15.0. The van der Waals surface area contributed by atoms with Crippen LogP contribution in [0.3, 0.4) is 0 Å². The zero-order chi connectivity index (χ0) is 14.7. The minimum atomic E-state index is -0.399. The van der Waals surface area contributed by atoms with Crippen LogP contribution in [0.1, 0.15) is 35.5 Å². The fourth-order valence-corrected chi connectivity index (χ4v) is 3.55. The molecule has 5 heteroatoms. The summed E-state index contributed by atoms with van der Waals surface area (Å²) < 4.78 is 5.13. The summed E-state index contributed by atoms with van der Waals surface area (Å²) in [5, 5.41) is 1.85. The number of ether oxygens (including phenoxy) is 1. The van der Waals surface area contributed by atoms with Crippen molar-refractivity contribution in [1.29, 1.82) is 0 Å². The molecule has 4 nitrogen and oxygen atoms in total. The first-order valence-corrected chi connectivity index (χ1v) is 7.84. The number of carbonyl (C=O) groups is 2. The lowest BCUT2D eigenvalue weighted by Crippen LogP contribution is -2.44. The van der Waals surface area contributed by atoms with Crippen LogP contribution in [0.15, 0.2) is 11.4 Å². The number of thiophene rings is 1. The van der Waals surface area contributed by atoms with Crippen LogP contribution >= 0.6 is 11.3 Å². The second-order valence-electron chi connectivity index (χ2n) is 5.75. The van der Waals surface area contributed by atoms with E-state index in [1.807, 2.05) is 23.3 Å². The molecular weight excluding hydrogens is 274 g/mol. The molecule has 0 N–H and O–H groups in total. The Balaban J connectivity index is 1.86. The number of piperidine rings is 1. The molecule has 0 bridgehead atoms. The van der Waals surface area contributed by atoms with Crippen molar-refractivity contribution in [2.45, 2.75) is 27.2 Å². The quantitative estimate of drug-likeness (QED) is 0.806. The van der Waals surface area contributed by atoms with E-state index in [1.165, 1.54) is 11.3 Å². The molecule has 0 saturated carbocycles. The maximum Gasteiger partial charge on any atom is 0.349 e. The van der Waals surface area contributed by atoms with Crippen molar-refractivity contribution >= 4 is 23.2 Å². The van der Waals surface area contributed by atoms with Crippen LogP contribution in [0.4, 0.5) is 0 Å². The van der Waals surface area contributed by atoms with Crippen LogP contribution in [-0.2, 0) is 9.53 Å². The van der Waals surface area contributed by atoms with E-state index in [0.29, 0.717) is 16.7 Å². The third-order valence-electron chi connectivity index (χ3n) is 3.60. The topological polar surface area (TPSA) is 46.6 Å². The number of esters is 1. The molecule has 110 valence electrons. The SMILES string of the molecule is Cc1ccsc1C(=O)OCC(=O)N1C[C@@H](C)C[C@H](C)C1. The highest BCUT2D eigenvalue weighted by atomic mass is 32.1. The Kier molecular flexibility index (Phi) is 4.81. The standard InChI is InChI=1S/C15H21NO3S/c1-10-6-11(2)8-16(7-10)13(17)9-19-15(18)14-12(3)4-5-20-14/h4-5,10-11H,6-9H2,1-3H3/t10-,11-/m0/s1. The molecular formula is C15H21NO3S. The highest BCUT2D eigenvalue weighted by Gasteiger charge is 2.26. The van der Waals surface area contributed by atoms with E-state index in [0.717, 1.165) is 25.1 Å². The molecule has 1 fully saturated rings. The van der Waals surface area contributed by atoms with Gasteiger partial charge in [0.2, 0.25) is 0 Å².